The zero-order chi connectivity index (χ0) is 23.7. The fraction of sp³-hybridized carbons (Fsp3) is 0.357. The monoisotopic (exact) mass is 458 g/mol. The Morgan fingerprint density at radius 1 is 1.09 bits per heavy atom. The molecular formula is C28H30N2O4. The number of ether oxygens (including phenoxy) is 3. The molecule has 0 saturated carbocycles. The summed E-state index contributed by atoms with van der Waals surface area (Å²) in [5, 5.41) is 0. The van der Waals surface area contributed by atoms with Crippen LogP contribution >= 0.6 is 0 Å². The Labute approximate surface area is 200 Å². The minimum atomic E-state index is -0.200. The number of pyridine rings is 1. The molecule has 0 saturated heterocycles. The zero-order valence-electron chi connectivity index (χ0n) is 20.0. The Hall–Kier alpha value is -3.54. The summed E-state index contributed by atoms with van der Waals surface area (Å²) in [4.78, 5) is 18.7. The highest BCUT2D eigenvalue weighted by Gasteiger charge is 2.27. The molecule has 0 bridgehead atoms. The predicted octanol–water partition coefficient (Wildman–Crippen LogP) is 5.05. The lowest BCUT2D eigenvalue weighted by molar-refractivity contribution is -0.141. The summed E-state index contributed by atoms with van der Waals surface area (Å²) >= 11 is 0. The molecule has 0 amide bonds. The molecule has 0 radical (unpaired) electrons. The van der Waals surface area contributed by atoms with Gasteiger partial charge in [-0.25, -0.2) is 4.98 Å². The second-order valence-corrected chi connectivity index (χ2v) is 9.00. The maximum absolute atomic E-state index is 11.7. The number of nitrogens with zero attached hydrogens (tertiary/aromatic N) is 2. The molecule has 176 valence electrons. The smallest absolute Gasteiger partial charge is 0.306 e. The van der Waals surface area contributed by atoms with E-state index in [4.69, 9.17) is 19.2 Å². The van der Waals surface area contributed by atoms with E-state index in [1.165, 1.54) is 29.5 Å². The van der Waals surface area contributed by atoms with Crippen molar-refractivity contribution in [2.45, 2.75) is 39.0 Å². The van der Waals surface area contributed by atoms with E-state index in [1.807, 2.05) is 19.1 Å². The molecule has 34 heavy (non-hydrogen) atoms. The third kappa shape index (κ3) is 4.32. The standard InChI is InChI=1S/C28H30N2O4/c1-18-7-12-25-28(29-18)30(13-14-33-25)24-6-4-5-21(19(24)2)10-8-20-9-11-23-22(16-27(31)32-3)17-34-26(23)15-20/h4-7,9,11-12,15,22H,8,10,13-14,16-17H2,1-3H3/t22-/m1/s1. The van der Waals surface area contributed by atoms with Crippen LogP contribution in [0.3, 0.4) is 0 Å². The minimum Gasteiger partial charge on any atom is -0.493 e. The highest BCUT2D eigenvalue weighted by Crippen LogP contribution is 2.38. The summed E-state index contributed by atoms with van der Waals surface area (Å²) < 4.78 is 16.5. The Bertz CT molecular complexity index is 1220. The van der Waals surface area contributed by atoms with Crippen molar-refractivity contribution in [3.05, 3.63) is 76.5 Å². The summed E-state index contributed by atoms with van der Waals surface area (Å²) in [5.41, 5.74) is 7.09. The number of esters is 1. The van der Waals surface area contributed by atoms with Gasteiger partial charge >= 0.3 is 5.97 Å². The largest absolute Gasteiger partial charge is 0.493 e. The SMILES string of the molecule is COC(=O)C[C@@H]1COc2cc(CCc3cccc(N4CCOc5ccc(C)nc54)c3C)ccc21. The van der Waals surface area contributed by atoms with Crippen molar-refractivity contribution in [3.63, 3.8) is 0 Å². The van der Waals surface area contributed by atoms with Crippen LogP contribution in [-0.4, -0.2) is 37.8 Å². The van der Waals surface area contributed by atoms with Crippen molar-refractivity contribution in [3.8, 4) is 11.5 Å². The molecule has 1 aromatic heterocycles. The van der Waals surface area contributed by atoms with Gasteiger partial charge in [-0.3, -0.25) is 4.79 Å². The van der Waals surface area contributed by atoms with Crippen molar-refractivity contribution < 1.29 is 19.0 Å². The zero-order valence-corrected chi connectivity index (χ0v) is 20.0. The number of fused-ring (bicyclic) bond motifs is 2. The second kappa shape index (κ2) is 9.37. The minimum absolute atomic E-state index is 0.0732. The molecule has 2 aromatic carbocycles. The van der Waals surface area contributed by atoms with Crippen molar-refractivity contribution in [2.75, 3.05) is 31.8 Å². The molecule has 0 unspecified atom stereocenters. The molecule has 6 nitrogen and oxygen atoms in total. The van der Waals surface area contributed by atoms with Gasteiger partial charge in [0.25, 0.3) is 0 Å². The van der Waals surface area contributed by atoms with Crippen molar-refractivity contribution in [1.29, 1.82) is 0 Å². The van der Waals surface area contributed by atoms with Crippen LogP contribution in [0.25, 0.3) is 0 Å². The normalized spacial score (nSPS) is 16.3. The number of anilines is 2. The molecule has 3 heterocycles. The first-order valence-corrected chi connectivity index (χ1v) is 11.8. The fourth-order valence-corrected chi connectivity index (χ4v) is 4.87. The number of methoxy groups -OCH3 is 1. The molecule has 1 atom stereocenters. The Balaban J connectivity index is 1.33. The highest BCUT2D eigenvalue weighted by atomic mass is 16.5. The van der Waals surface area contributed by atoms with E-state index in [0.29, 0.717) is 19.6 Å². The molecule has 3 aromatic rings. The van der Waals surface area contributed by atoms with Gasteiger partial charge in [0.2, 0.25) is 0 Å². The van der Waals surface area contributed by atoms with Crippen LogP contribution in [0.15, 0.2) is 48.5 Å². The van der Waals surface area contributed by atoms with Gasteiger partial charge < -0.3 is 19.1 Å². The maximum atomic E-state index is 11.7. The van der Waals surface area contributed by atoms with E-state index in [0.717, 1.165) is 48.0 Å². The molecule has 5 rings (SSSR count). The molecule has 0 N–H and O–H groups in total. The van der Waals surface area contributed by atoms with E-state index >= 15 is 0 Å². The number of carbonyl (C=O) groups excluding carboxylic acids is 1. The molecule has 2 aliphatic rings. The quantitative estimate of drug-likeness (QED) is 0.482. The van der Waals surface area contributed by atoms with Gasteiger partial charge in [0.15, 0.2) is 11.6 Å². The summed E-state index contributed by atoms with van der Waals surface area (Å²) in [7, 11) is 1.43. The fourth-order valence-electron chi connectivity index (χ4n) is 4.87. The van der Waals surface area contributed by atoms with Crippen LogP contribution in [0.1, 0.15) is 40.3 Å². The van der Waals surface area contributed by atoms with E-state index in [1.54, 1.807) is 0 Å². The van der Waals surface area contributed by atoms with Crippen LogP contribution < -0.4 is 14.4 Å². The van der Waals surface area contributed by atoms with Gasteiger partial charge in [0.05, 0.1) is 26.7 Å². The molecular weight excluding hydrogens is 428 g/mol. The van der Waals surface area contributed by atoms with Crippen LogP contribution in [0.4, 0.5) is 11.5 Å². The first kappa shape index (κ1) is 22.3. The third-order valence-corrected chi connectivity index (χ3v) is 6.80. The van der Waals surface area contributed by atoms with Crippen molar-refractivity contribution in [2.24, 2.45) is 0 Å². The van der Waals surface area contributed by atoms with Gasteiger partial charge in [-0.1, -0.05) is 24.3 Å². The van der Waals surface area contributed by atoms with Crippen molar-refractivity contribution >= 4 is 17.5 Å². The molecule has 2 aliphatic heterocycles. The molecule has 0 fully saturated rings. The average Bonchev–Trinajstić information content (AvgIpc) is 3.24. The second-order valence-electron chi connectivity index (χ2n) is 9.00. The predicted molar refractivity (Wildman–Crippen MR) is 131 cm³/mol. The lowest BCUT2D eigenvalue weighted by Crippen LogP contribution is -2.30. The lowest BCUT2D eigenvalue weighted by Gasteiger charge is -2.32. The third-order valence-electron chi connectivity index (χ3n) is 6.80. The topological polar surface area (TPSA) is 60.9 Å². The lowest BCUT2D eigenvalue weighted by atomic mass is 9.94. The van der Waals surface area contributed by atoms with E-state index in [2.05, 4.69) is 48.2 Å². The average molecular weight is 459 g/mol. The number of aryl methyl sites for hydroxylation is 3. The Kier molecular flexibility index (Phi) is 6.14. The van der Waals surface area contributed by atoms with Gasteiger partial charge in [-0.15, -0.1) is 0 Å². The number of hydrogen-bond donors (Lipinski definition) is 0. The van der Waals surface area contributed by atoms with Gasteiger partial charge in [0, 0.05) is 22.9 Å². The van der Waals surface area contributed by atoms with Crippen molar-refractivity contribution in [1.82, 2.24) is 4.98 Å². The number of hydrogen-bond acceptors (Lipinski definition) is 6. The summed E-state index contributed by atoms with van der Waals surface area (Å²) in [5.74, 6) is 2.50. The summed E-state index contributed by atoms with van der Waals surface area (Å²) in [6, 6.07) is 16.9. The Morgan fingerprint density at radius 2 is 1.97 bits per heavy atom. The highest BCUT2D eigenvalue weighted by molar-refractivity contribution is 5.71. The van der Waals surface area contributed by atoms with Crippen LogP contribution in [0.5, 0.6) is 11.5 Å². The van der Waals surface area contributed by atoms with Gasteiger partial charge in [0.1, 0.15) is 12.4 Å². The van der Waals surface area contributed by atoms with E-state index < -0.39 is 0 Å². The molecule has 6 heteroatoms. The molecule has 0 spiro atoms. The number of aromatic nitrogens is 1. The maximum Gasteiger partial charge on any atom is 0.306 e. The number of rotatable bonds is 6. The first-order chi connectivity index (χ1) is 16.5. The van der Waals surface area contributed by atoms with Gasteiger partial charge in [-0.2, -0.15) is 0 Å². The van der Waals surface area contributed by atoms with Crippen LogP contribution in [0.2, 0.25) is 0 Å². The summed E-state index contributed by atoms with van der Waals surface area (Å²) in [6.07, 6.45) is 2.20. The van der Waals surface area contributed by atoms with Gasteiger partial charge in [-0.05, 0) is 67.6 Å². The van der Waals surface area contributed by atoms with Crippen LogP contribution in [-0.2, 0) is 22.4 Å². The molecule has 0 aliphatic carbocycles. The van der Waals surface area contributed by atoms with Crippen LogP contribution in [0, 0.1) is 13.8 Å². The first-order valence-electron chi connectivity index (χ1n) is 11.8. The number of carbonyl (C=O) groups is 1. The summed E-state index contributed by atoms with van der Waals surface area (Å²) in [6.45, 7) is 6.16. The number of benzene rings is 2. The van der Waals surface area contributed by atoms with E-state index in [-0.39, 0.29) is 11.9 Å². The van der Waals surface area contributed by atoms with E-state index in [9.17, 15) is 4.79 Å². The Morgan fingerprint density at radius 3 is 2.82 bits per heavy atom.